The normalized spacial score (nSPS) is 21.0. The first-order valence-electron chi connectivity index (χ1n) is 7.20. The summed E-state index contributed by atoms with van der Waals surface area (Å²) in [5.74, 6) is -0.169. The number of nitrogens with zero attached hydrogens (tertiary/aromatic N) is 1. The van der Waals surface area contributed by atoms with E-state index in [1.807, 2.05) is 4.90 Å². The zero-order valence-electron chi connectivity index (χ0n) is 12.1. The van der Waals surface area contributed by atoms with Crippen molar-refractivity contribution in [2.45, 2.75) is 64.0 Å². The third kappa shape index (κ3) is 5.19. The summed E-state index contributed by atoms with van der Waals surface area (Å²) in [6.07, 6.45) is 5.47. The highest BCUT2D eigenvalue weighted by Gasteiger charge is 2.29. The van der Waals surface area contributed by atoms with E-state index in [9.17, 15) is 9.59 Å². The van der Waals surface area contributed by atoms with Crippen molar-refractivity contribution in [1.82, 2.24) is 4.90 Å². The predicted octanol–water partition coefficient (Wildman–Crippen LogP) is 1.45. The summed E-state index contributed by atoms with van der Waals surface area (Å²) in [5.41, 5.74) is 5.93. The van der Waals surface area contributed by atoms with Gasteiger partial charge in [-0.1, -0.05) is 13.3 Å². The summed E-state index contributed by atoms with van der Waals surface area (Å²) in [6, 6.07) is -0.0827. The topological polar surface area (TPSA) is 72.6 Å². The van der Waals surface area contributed by atoms with Crippen LogP contribution in [0.2, 0.25) is 0 Å². The zero-order valence-corrected chi connectivity index (χ0v) is 12.1. The van der Waals surface area contributed by atoms with E-state index in [1.165, 1.54) is 7.11 Å². The van der Waals surface area contributed by atoms with E-state index in [-0.39, 0.29) is 24.0 Å². The maximum Gasteiger partial charge on any atom is 0.307 e. The van der Waals surface area contributed by atoms with Gasteiger partial charge in [-0.2, -0.15) is 0 Å². The fraction of sp³-hybridized carbons (Fsp3) is 0.857. The average molecular weight is 270 g/mol. The van der Waals surface area contributed by atoms with Gasteiger partial charge in [0.15, 0.2) is 0 Å². The Morgan fingerprint density at radius 2 is 2.16 bits per heavy atom. The van der Waals surface area contributed by atoms with Crippen LogP contribution >= 0.6 is 0 Å². The van der Waals surface area contributed by atoms with Gasteiger partial charge >= 0.3 is 5.97 Å². The van der Waals surface area contributed by atoms with E-state index in [4.69, 9.17) is 10.5 Å². The standard InChI is InChI=1S/C14H26N2O3/c1-3-6-11(15)9-13(17)16-8-5-4-7-12(16)10-14(18)19-2/h11-12H,3-10,15H2,1-2H3. The van der Waals surface area contributed by atoms with E-state index in [2.05, 4.69) is 6.92 Å². The Kier molecular flexibility index (Phi) is 6.84. The number of esters is 1. The lowest BCUT2D eigenvalue weighted by molar-refractivity contribution is -0.144. The molecule has 1 aliphatic heterocycles. The van der Waals surface area contributed by atoms with E-state index in [0.717, 1.165) is 38.6 Å². The molecule has 0 bridgehead atoms. The van der Waals surface area contributed by atoms with Crippen LogP contribution < -0.4 is 5.73 Å². The van der Waals surface area contributed by atoms with Crippen molar-refractivity contribution in [3.63, 3.8) is 0 Å². The second-order valence-electron chi connectivity index (χ2n) is 5.27. The van der Waals surface area contributed by atoms with Crippen molar-refractivity contribution in [2.75, 3.05) is 13.7 Å². The lowest BCUT2D eigenvalue weighted by Crippen LogP contribution is -2.46. The molecule has 5 heteroatoms. The Bertz CT molecular complexity index is 307. The molecule has 0 radical (unpaired) electrons. The highest BCUT2D eigenvalue weighted by molar-refractivity contribution is 5.78. The van der Waals surface area contributed by atoms with Crippen LogP contribution in [0.3, 0.4) is 0 Å². The van der Waals surface area contributed by atoms with Crippen LogP contribution in [0.25, 0.3) is 0 Å². The first-order chi connectivity index (χ1) is 9.08. The third-order valence-electron chi connectivity index (χ3n) is 3.67. The Balaban J connectivity index is 2.55. The highest BCUT2D eigenvalue weighted by atomic mass is 16.5. The van der Waals surface area contributed by atoms with Gasteiger partial charge in [-0.3, -0.25) is 9.59 Å². The summed E-state index contributed by atoms with van der Waals surface area (Å²) >= 11 is 0. The number of carbonyl (C=O) groups excluding carboxylic acids is 2. The zero-order chi connectivity index (χ0) is 14.3. The molecule has 2 unspecified atom stereocenters. The van der Waals surface area contributed by atoms with Crippen molar-refractivity contribution in [3.05, 3.63) is 0 Å². The minimum atomic E-state index is -0.248. The fourth-order valence-electron chi connectivity index (χ4n) is 2.63. The molecule has 1 saturated heterocycles. The number of hydrogen-bond donors (Lipinski definition) is 1. The molecule has 0 aromatic rings. The van der Waals surface area contributed by atoms with Gasteiger partial charge in [-0.05, 0) is 25.7 Å². The molecular formula is C14H26N2O3. The van der Waals surface area contributed by atoms with Crippen molar-refractivity contribution >= 4 is 11.9 Å². The minimum absolute atomic E-state index is 0.0115. The number of piperidine rings is 1. The van der Waals surface area contributed by atoms with E-state index in [0.29, 0.717) is 12.8 Å². The molecule has 1 fully saturated rings. The molecule has 2 N–H and O–H groups in total. The Morgan fingerprint density at radius 3 is 2.79 bits per heavy atom. The molecule has 1 rings (SSSR count). The summed E-state index contributed by atoms with van der Waals surface area (Å²) in [5, 5.41) is 0. The molecule has 1 aliphatic rings. The lowest BCUT2D eigenvalue weighted by atomic mass is 9.98. The second kappa shape index (κ2) is 8.15. The molecule has 0 aliphatic carbocycles. The number of carbonyl (C=O) groups is 2. The van der Waals surface area contributed by atoms with Gasteiger partial charge in [0.1, 0.15) is 0 Å². The van der Waals surface area contributed by atoms with E-state index in [1.54, 1.807) is 0 Å². The van der Waals surface area contributed by atoms with Gasteiger partial charge in [0.2, 0.25) is 5.91 Å². The second-order valence-corrected chi connectivity index (χ2v) is 5.27. The monoisotopic (exact) mass is 270 g/mol. The van der Waals surface area contributed by atoms with Gasteiger partial charge in [0, 0.05) is 25.0 Å². The van der Waals surface area contributed by atoms with Crippen LogP contribution in [0.1, 0.15) is 51.9 Å². The molecule has 1 heterocycles. The predicted molar refractivity (Wildman–Crippen MR) is 73.5 cm³/mol. The minimum Gasteiger partial charge on any atom is -0.469 e. The molecule has 0 aromatic carbocycles. The summed E-state index contributed by atoms with van der Waals surface area (Å²) in [6.45, 7) is 2.80. The SMILES string of the molecule is CCCC(N)CC(=O)N1CCCCC1CC(=O)OC. The van der Waals surface area contributed by atoms with Gasteiger partial charge in [0.25, 0.3) is 0 Å². The Morgan fingerprint density at radius 1 is 1.42 bits per heavy atom. The van der Waals surface area contributed by atoms with Crippen molar-refractivity contribution in [1.29, 1.82) is 0 Å². The molecule has 19 heavy (non-hydrogen) atoms. The number of rotatable bonds is 6. The van der Waals surface area contributed by atoms with Gasteiger partial charge < -0.3 is 15.4 Å². The first kappa shape index (κ1) is 16.0. The number of hydrogen-bond acceptors (Lipinski definition) is 4. The largest absolute Gasteiger partial charge is 0.469 e. The molecule has 5 nitrogen and oxygen atoms in total. The quantitative estimate of drug-likeness (QED) is 0.741. The van der Waals surface area contributed by atoms with Crippen LogP contribution in [0, 0.1) is 0 Å². The maximum absolute atomic E-state index is 12.3. The van der Waals surface area contributed by atoms with Crippen molar-refractivity contribution in [3.8, 4) is 0 Å². The summed E-state index contributed by atoms with van der Waals surface area (Å²) < 4.78 is 4.70. The molecule has 1 amide bonds. The van der Waals surface area contributed by atoms with Crippen molar-refractivity contribution in [2.24, 2.45) is 5.73 Å². The van der Waals surface area contributed by atoms with E-state index < -0.39 is 0 Å². The average Bonchev–Trinajstić information content (AvgIpc) is 2.39. The molecule has 110 valence electrons. The third-order valence-corrected chi connectivity index (χ3v) is 3.67. The number of ether oxygens (including phenoxy) is 1. The summed E-state index contributed by atoms with van der Waals surface area (Å²) in [7, 11) is 1.38. The highest BCUT2D eigenvalue weighted by Crippen LogP contribution is 2.21. The molecule has 2 atom stereocenters. The summed E-state index contributed by atoms with van der Waals surface area (Å²) in [4.78, 5) is 25.5. The number of likely N-dealkylation sites (tertiary alicyclic amines) is 1. The maximum atomic E-state index is 12.3. The lowest BCUT2D eigenvalue weighted by Gasteiger charge is -2.35. The van der Waals surface area contributed by atoms with Gasteiger partial charge in [-0.15, -0.1) is 0 Å². The number of nitrogens with two attached hydrogens (primary N) is 1. The molecule has 0 aromatic heterocycles. The number of methoxy groups -OCH3 is 1. The van der Waals surface area contributed by atoms with Crippen LogP contribution in [0.4, 0.5) is 0 Å². The Labute approximate surface area is 115 Å². The van der Waals surface area contributed by atoms with Crippen LogP contribution in [0.15, 0.2) is 0 Å². The van der Waals surface area contributed by atoms with Gasteiger partial charge in [-0.25, -0.2) is 0 Å². The molecule has 0 saturated carbocycles. The smallest absolute Gasteiger partial charge is 0.307 e. The molecule has 0 spiro atoms. The van der Waals surface area contributed by atoms with Gasteiger partial charge in [0.05, 0.1) is 13.5 Å². The van der Waals surface area contributed by atoms with E-state index >= 15 is 0 Å². The van der Waals surface area contributed by atoms with Crippen LogP contribution in [-0.2, 0) is 14.3 Å². The van der Waals surface area contributed by atoms with Crippen molar-refractivity contribution < 1.29 is 14.3 Å². The fourth-order valence-corrected chi connectivity index (χ4v) is 2.63. The molecular weight excluding hydrogens is 244 g/mol. The van der Waals surface area contributed by atoms with Crippen LogP contribution in [-0.4, -0.2) is 42.5 Å². The Hall–Kier alpha value is -1.10. The number of amides is 1. The van der Waals surface area contributed by atoms with Crippen LogP contribution in [0.5, 0.6) is 0 Å². The first-order valence-corrected chi connectivity index (χ1v) is 7.20.